The number of urea groups is 1. The highest BCUT2D eigenvalue weighted by atomic mass is 16.5. The number of benzene rings is 1. The predicted octanol–water partition coefficient (Wildman–Crippen LogP) is 0.905. The van der Waals surface area contributed by atoms with E-state index in [0.717, 1.165) is 0 Å². The molecule has 1 aromatic rings. The first-order valence-electron chi connectivity index (χ1n) is 5.05. The Bertz CT molecular complexity index is 479. The van der Waals surface area contributed by atoms with E-state index in [2.05, 4.69) is 16.6 Å². The molecule has 0 fully saturated rings. The summed E-state index contributed by atoms with van der Waals surface area (Å²) < 4.78 is 4.97. The third kappa shape index (κ3) is 4.90. The largest absolute Gasteiger partial charge is 0.482 e. The van der Waals surface area contributed by atoms with Crippen LogP contribution in [0.3, 0.4) is 0 Å². The summed E-state index contributed by atoms with van der Waals surface area (Å²) >= 11 is 0. The van der Waals surface area contributed by atoms with Crippen LogP contribution in [0.5, 0.6) is 5.75 Å². The van der Waals surface area contributed by atoms with Gasteiger partial charge in [0, 0.05) is 11.8 Å². The quantitative estimate of drug-likeness (QED) is 0.676. The smallest absolute Gasteiger partial charge is 0.341 e. The summed E-state index contributed by atoms with van der Waals surface area (Å²) in [5.74, 6) is 1.55. The summed E-state index contributed by atoms with van der Waals surface area (Å²) in [4.78, 5) is 21.6. The standard InChI is InChI=1S/C12H12N2O4/c1-2-6-13-12(17)14-9-4-3-5-10(7-9)18-8-11(15)16/h1,3-5,7H,6,8H2,(H,15,16)(H2,13,14,17). The lowest BCUT2D eigenvalue weighted by molar-refractivity contribution is -0.139. The molecule has 0 aliphatic carbocycles. The van der Waals surface area contributed by atoms with E-state index in [1.54, 1.807) is 18.2 Å². The van der Waals surface area contributed by atoms with Crippen molar-refractivity contribution in [2.45, 2.75) is 0 Å². The van der Waals surface area contributed by atoms with Crippen LogP contribution >= 0.6 is 0 Å². The molecule has 0 saturated carbocycles. The van der Waals surface area contributed by atoms with E-state index in [9.17, 15) is 9.59 Å². The molecule has 0 aliphatic heterocycles. The van der Waals surface area contributed by atoms with Gasteiger partial charge in [0.2, 0.25) is 0 Å². The summed E-state index contributed by atoms with van der Waals surface area (Å²) in [6.45, 7) is -0.312. The van der Waals surface area contributed by atoms with Gasteiger partial charge in [-0.3, -0.25) is 0 Å². The summed E-state index contributed by atoms with van der Waals surface area (Å²) in [6.07, 6.45) is 4.99. The molecule has 0 saturated heterocycles. The minimum atomic E-state index is -1.07. The average molecular weight is 248 g/mol. The van der Waals surface area contributed by atoms with Crippen molar-refractivity contribution in [2.24, 2.45) is 0 Å². The minimum absolute atomic E-state index is 0.126. The molecule has 0 radical (unpaired) electrons. The Morgan fingerprint density at radius 3 is 2.89 bits per heavy atom. The zero-order valence-electron chi connectivity index (χ0n) is 9.47. The van der Waals surface area contributed by atoms with Crippen molar-refractivity contribution in [1.82, 2.24) is 5.32 Å². The van der Waals surface area contributed by atoms with Gasteiger partial charge in [0.05, 0.1) is 6.54 Å². The first-order valence-corrected chi connectivity index (χ1v) is 5.05. The van der Waals surface area contributed by atoms with E-state index in [1.165, 1.54) is 6.07 Å². The fraction of sp³-hybridized carbons (Fsp3) is 0.167. The van der Waals surface area contributed by atoms with E-state index in [-0.39, 0.29) is 6.54 Å². The molecule has 0 aromatic heterocycles. The molecule has 3 N–H and O–H groups in total. The van der Waals surface area contributed by atoms with Crippen molar-refractivity contribution < 1.29 is 19.4 Å². The first-order chi connectivity index (χ1) is 8.61. The molecular weight excluding hydrogens is 236 g/mol. The lowest BCUT2D eigenvalue weighted by atomic mass is 10.3. The molecule has 0 unspecified atom stereocenters. The summed E-state index contributed by atoms with van der Waals surface area (Å²) in [7, 11) is 0. The van der Waals surface area contributed by atoms with E-state index < -0.39 is 18.6 Å². The fourth-order valence-corrected chi connectivity index (χ4v) is 1.12. The maximum absolute atomic E-state index is 11.3. The minimum Gasteiger partial charge on any atom is -0.482 e. The molecule has 94 valence electrons. The van der Waals surface area contributed by atoms with Crippen LogP contribution in [0.1, 0.15) is 0 Å². The van der Waals surface area contributed by atoms with E-state index >= 15 is 0 Å². The molecule has 0 aliphatic rings. The molecule has 6 nitrogen and oxygen atoms in total. The molecule has 6 heteroatoms. The second kappa shape index (κ2) is 6.81. The SMILES string of the molecule is C#CCNC(=O)Nc1cccc(OCC(=O)O)c1. The number of aliphatic carboxylic acids is 1. The van der Waals surface area contributed by atoms with Crippen LogP contribution in [0.25, 0.3) is 0 Å². The van der Waals surface area contributed by atoms with E-state index in [1.807, 2.05) is 0 Å². The van der Waals surface area contributed by atoms with Gasteiger partial charge in [-0.25, -0.2) is 9.59 Å². The highest BCUT2D eigenvalue weighted by Crippen LogP contribution is 2.17. The highest BCUT2D eigenvalue weighted by molar-refractivity contribution is 5.89. The Morgan fingerprint density at radius 1 is 1.44 bits per heavy atom. The molecular formula is C12H12N2O4. The number of hydrogen-bond donors (Lipinski definition) is 3. The maximum Gasteiger partial charge on any atom is 0.341 e. The number of carbonyl (C=O) groups excluding carboxylic acids is 1. The van der Waals surface area contributed by atoms with Crippen molar-refractivity contribution in [3.05, 3.63) is 24.3 Å². The number of hydrogen-bond acceptors (Lipinski definition) is 3. The Hall–Kier alpha value is -2.68. The third-order valence-corrected chi connectivity index (χ3v) is 1.81. The molecule has 0 spiro atoms. The summed E-state index contributed by atoms with van der Waals surface area (Å²) in [6, 6.07) is 5.94. The number of terminal acetylenes is 1. The zero-order valence-corrected chi connectivity index (χ0v) is 9.47. The Morgan fingerprint density at radius 2 is 2.22 bits per heavy atom. The topological polar surface area (TPSA) is 87.7 Å². The van der Waals surface area contributed by atoms with E-state index in [0.29, 0.717) is 11.4 Å². The molecule has 0 heterocycles. The third-order valence-electron chi connectivity index (χ3n) is 1.81. The van der Waals surface area contributed by atoms with Crippen molar-refractivity contribution in [3.8, 4) is 18.1 Å². The van der Waals surface area contributed by atoms with Gasteiger partial charge in [0.1, 0.15) is 5.75 Å². The zero-order chi connectivity index (χ0) is 13.4. The van der Waals surface area contributed by atoms with Crippen molar-refractivity contribution >= 4 is 17.7 Å². The number of carboxylic acids is 1. The van der Waals surface area contributed by atoms with Crippen molar-refractivity contribution in [2.75, 3.05) is 18.5 Å². The number of carbonyl (C=O) groups is 2. The van der Waals surface area contributed by atoms with Gasteiger partial charge in [-0.15, -0.1) is 6.42 Å². The van der Waals surface area contributed by atoms with E-state index in [4.69, 9.17) is 16.3 Å². The molecule has 18 heavy (non-hydrogen) atoms. The maximum atomic E-state index is 11.3. The number of carboxylic acid groups (broad SMARTS) is 1. The Kier molecular flexibility index (Phi) is 5.06. The number of amides is 2. The monoisotopic (exact) mass is 248 g/mol. The summed E-state index contributed by atoms with van der Waals surface area (Å²) in [5.41, 5.74) is 0.479. The molecule has 0 bridgehead atoms. The normalized spacial score (nSPS) is 9.06. The lowest BCUT2D eigenvalue weighted by Gasteiger charge is -2.08. The molecule has 0 atom stereocenters. The number of anilines is 1. The second-order valence-corrected chi connectivity index (χ2v) is 3.22. The van der Waals surface area contributed by atoms with Gasteiger partial charge in [-0.1, -0.05) is 12.0 Å². The molecule has 1 aromatic carbocycles. The van der Waals surface area contributed by atoms with Crippen LogP contribution in [-0.2, 0) is 4.79 Å². The van der Waals surface area contributed by atoms with Gasteiger partial charge < -0.3 is 20.5 Å². The molecule has 1 rings (SSSR count). The Balaban J connectivity index is 2.56. The second-order valence-electron chi connectivity index (χ2n) is 3.22. The van der Waals surface area contributed by atoms with Crippen LogP contribution in [0.4, 0.5) is 10.5 Å². The average Bonchev–Trinajstić information content (AvgIpc) is 2.34. The van der Waals surface area contributed by atoms with Crippen LogP contribution in [0.15, 0.2) is 24.3 Å². The van der Waals surface area contributed by atoms with Crippen LogP contribution in [0.2, 0.25) is 0 Å². The predicted molar refractivity (Wildman–Crippen MR) is 65.4 cm³/mol. The van der Waals surface area contributed by atoms with Crippen molar-refractivity contribution in [3.63, 3.8) is 0 Å². The van der Waals surface area contributed by atoms with Gasteiger partial charge >= 0.3 is 12.0 Å². The number of nitrogens with one attached hydrogen (secondary N) is 2. The first kappa shape index (κ1) is 13.4. The summed E-state index contributed by atoms with van der Waals surface area (Å²) in [5, 5.41) is 13.4. The number of rotatable bonds is 5. The lowest BCUT2D eigenvalue weighted by Crippen LogP contribution is -2.28. The highest BCUT2D eigenvalue weighted by Gasteiger charge is 2.03. The van der Waals surface area contributed by atoms with Crippen LogP contribution in [-0.4, -0.2) is 30.3 Å². The van der Waals surface area contributed by atoms with Gasteiger partial charge in [-0.05, 0) is 12.1 Å². The van der Waals surface area contributed by atoms with Gasteiger partial charge in [0.25, 0.3) is 0 Å². The van der Waals surface area contributed by atoms with Crippen LogP contribution < -0.4 is 15.4 Å². The van der Waals surface area contributed by atoms with Crippen molar-refractivity contribution in [1.29, 1.82) is 0 Å². The van der Waals surface area contributed by atoms with Gasteiger partial charge in [-0.2, -0.15) is 0 Å². The van der Waals surface area contributed by atoms with Crippen LogP contribution in [0, 0.1) is 12.3 Å². The Labute approximate surface area is 104 Å². The molecule has 2 amide bonds. The fourth-order valence-electron chi connectivity index (χ4n) is 1.12. The number of ether oxygens (including phenoxy) is 1. The van der Waals surface area contributed by atoms with Gasteiger partial charge in [0.15, 0.2) is 6.61 Å².